The number of aromatic amines is 1. The Hall–Kier alpha value is -2.40. The minimum atomic E-state index is -0.575. The molecule has 2 aromatic carbocycles. The smallest absolute Gasteiger partial charge is 0.255 e. The highest BCUT2D eigenvalue weighted by molar-refractivity contribution is 6.34. The topological polar surface area (TPSA) is 57.8 Å². The molecule has 0 aliphatic carbocycles. The second-order valence-electron chi connectivity index (χ2n) is 4.22. The Balaban J connectivity index is 1.92. The average Bonchev–Trinajstić information content (AvgIpc) is 2.90. The molecule has 3 aromatic rings. The van der Waals surface area contributed by atoms with Crippen molar-refractivity contribution >= 4 is 34.1 Å². The van der Waals surface area contributed by atoms with Crippen LogP contribution in [0.25, 0.3) is 10.9 Å². The van der Waals surface area contributed by atoms with Gasteiger partial charge in [-0.3, -0.25) is 9.89 Å². The number of halogens is 2. The molecule has 0 spiro atoms. The Morgan fingerprint density at radius 2 is 2.15 bits per heavy atom. The summed E-state index contributed by atoms with van der Waals surface area (Å²) in [7, 11) is 0. The van der Waals surface area contributed by atoms with Gasteiger partial charge in [-0.05, 0) is 24.3 Å². The SMILES string of the molecule is O=C(Nc1c(F)cccc1Cl)c1ccc2cn[nH]c2c1. The van der Waals surface area contributed by atoms with Gasteiger partial charge in [-0.15, -0.1) is 0 Å². The molecule has 1 amide bonds. The van der Waals surface area contributed by atoms with Crippen molar-refractivity contribution in [3.05, 3.63) is 59.0 Å². The van der Waals surface area contributed by atoms with Crippen LogP contribution in [0.1, 0.15) is 10.4 Å². The molecule has 3 rings (SSSR count). The number of carbonyl (C=O) groups is 1. The van der Waals surface area contributed by atoms with Gasteiger partial charge < -0.3 is 5.32 Å². The molecule has 1 heterocycles. The minimum absolute atomic E-state index is 0.0242. The van der Waals surface area contributed by atoms with Crippen molar-refractivity contribution in [2.75, 3.05) is 5.32 Å². The number of amides is 1. The summed E-state index contributed by atoms with van der Waals surface area (Å²) in [6.45, 7) is 0. The van der Waals surface area contributed by atoms with Crippen LogP contribution in [-0.2, 0) is 0 Å². The fraction of sp³-hybridized carbons (Fsp3) is 0. The van der Waals surface area contributed by atoms with Crippen LogP contribution in [0.2, 0.25) is 5.02 Å². The lowest BCUT2D eigenvalue weighted by atomic mass is 10.1. The zero-order chi connectivity index (χ0) is 14.1. The molecular weight excluding hydrogens is 281 g/mol. The summed E-state index contributed by atoms with van der Waals surface area (Å²) in [4.78, 5) is 12.1. The molecule has 0 atom stereocenters. The molecule has 0 unspecified atom stereocenters. The van der Waals surface area contributed by atoms with Crippen LogP contribution in [-0.4, -0.2) is 16.1 Å². The lowest BCUT2D eigenvalue weighted by molar-refractivity contribution is 0.102. The Morgan fingerprint density at radius 3 is 2.95 bits per heavy atom. The fourth-order valence-corrected chi connectivity index (χ4v) is 2.09. The predicted octanol–water partition coefficient (Wildman–Crippen LogP) is 3.61. The largest absolute Gasteiger partial charge is 0.318 e. The van der Waals surface area contributed by atoms with Gasteiger partial charge in [0.05, 0.1) is 22.4 Å². The maximum absolute atomic E-state index is 13.6. The number of anilines is 1. The van der Waals surface area contributed by atoms with Gasteiger partial charge in [0, 0.05) is 10.9 Å². The standard InChI is InChI=1S/C14H9ClFN3O/c15-10-2-1-3-11(16)13(10)18-14(20)8-4-5-9-7-17-19-12(9)6-8/h1-7H,(H,17,19)(H,18,20). The third kappa shape index (κ3) is 2.23. The summed E-state index contributed by atoms with van der Waals surface area (Å²) in [6, 6.07) is 9.27. The minimum Gasteiger partial charge on any atom is -0.318 e. The highest BCUT2D eigenvalue weighted by atomic mass is 35.5. The molecule has 2 N–H and O–H groups in total. The third-order valence-corrected chi connectivity index (χ3v) is 3.22. The van der Waals surface area contributed by atoms with Crippen molar-refractivity contribution in [1.29, 1.82) is 0 Å². The van der Waals surface area contributed by atoms with Gasteiger partial charge >= 0.3 is 0 Å². The molecule has 1 aromatic heterocycles. The van der Waals surface area contributed by atoms with E-state index >= 15 is 0 Å². The quantitative estimate of drug-likeness (QED) is 0.757. The number of benzene rings is 2. The predicted molar refractivity (Wildman–Crippen MR) is 75.5 cm³/mol. The van der Waals surface area contributed by atoms with E-state index < -0.39 is 11.7 Å². The highest BCUT2D eigenvalue weighted by Gasteiger charge is 2.13. The van der Waals surface area contributed by atoms with Crippen LogP contribution in [0, 0.1) is 5.82 Å². The molecular formula is C14H9ClFN3O. The Labute approximate surface area is 118 Å². The van der Waals surface area contributed by atoms with E-state index in [-0.39, 0.29) is 10.7 Å². The number of carbonyl (C=O) groups excluding carboxylic acids is 1. The molecule has 0 aliphatic heterocycles. The van der Waals surface area contributed by atoms with Crippen LogP contribution in [0.3, 0.4) is 0 Å². The second kappa shape index (κ2) is 4.94. The number of fused-ring (bicyclic) bond motifs is 1. The third-order valence-electron chi connectivity index (χ3n) is 2.91. The maximum Gasteiger partial charge on any atom is 0.255 e. The second-order valence-corrected chi connectivity index (χ2v) is 4.63. The van der Waals surface area contributed by atoms with Crippen LogP contribution in [0.15, 0.2) is 42.6 Å². The monoisotopic (exact) mass is 289 g/mol. The first-order valence-corrected chi connectivity index (χ1v) is 6.21. The first-order valence-electron chi connectivity index (χ1n) is 5.83. The summed E-state index contributed by atoms with van der Waals surface area (Å²) < 4.78 is 13.6. The zero-order valence-electron chi connectivity index (χ0n) is 10.2. The number of para-hydroxylation sites is 1. The molecule has 20 heavy (non-hydrogen) atoms. The van der Waals surface area contributed by atoms with Crippen LogP contribution < -0.4 is 5.32 Å². The fourth-order valence-electron chi connectivity index (χ4n) is 1.88. The van der Waals surface area contributed by atoms with Gasteiger partial charge in [0.15, 0.2) is 0 Å². The Morgan fingerprint density at radius 1 is 1.30 bits per heavy atom. The van der Waals surface area contributed by atoms with Crippen molar-refractivity contribution < 1.29 is 9.18 Å². The first kappa shape index (κ1) is 12.6. The van der Waals surface area contributed by atoms with Crippen molar-refractivity contribution in [1.82, 2.24) is 10.2 Å². The lowest BCUT2D eigenvalue weighted by Gasteiger charge is -2.08. The van der Waals surface area contributed by atoms with Gasteiger partial charge in [-0.1, -0.05) is 23.7 Å². The van der Waals surface area contributed by atoms with E-state index in [0.29, 0.717) is 5.56 Å². The van der Waals surface area contributed by atoms with E-state index in [0.717, 1.165) is 10.9 Å². The van der Waals surface area contributed by atoms with Crippen molar-refractivity contribution in [3.63, 3.8) is 0 Å². The molecule has 0 saturated carbocycles. The molecule has 0 radical (unpaired) electrons. The van der Waals surface area contributed by atoms with Gasteiger partial charge in [-0.2, -0.15) is 5.10 Å². The number of rotatable bonds is 2. The van der Waals surface area contributed by atoms with E-state index in [1.165, 1.54) is 18.2 Å². The van der Waals surface area contributed by atoms with E-state index in [1.807, 2.05) is 0 Å². The summed E-state index contributed by atoms with van der Waals surface area (Å²) in [5.74, 6) is -1.01. The van der Waals surface area contributed by atoms with Crippen molar-refractivity contribution in [3.8, 4) is 0 Å². The molecule has 0 fully saturated rings. The Bertz CT molecular complexity index is 780. The van der Waals surface area contributed by atoms with Crippen molar-refractivity contribution in [2.24, 2.45) is 0 Å². The number of hydrogen-bond acceptors (Lipinski definition) is 2. The summed E-state index contributed by atoms with van der Waals surface area (Å²) >= 11 is 5.87. The Kier molecular flexibility index (Phi) is 3.12. The zero-order valence-corrected chi connectivity index (χ0v) is 10.9. The van der Waals surface area contributed by atoms with Gasteiger partial charge in [0.25, 0.3) is 5.91 Å². The molecule has 0 aliphatic rings. The maximum atomic E-state index is 13.6. The van der Waals surface area contributed by atoms with E-state index in [2.05, 4.69) is 15.5 Å². The molecule has 0 saturated heterocycles. The summed E-state index contributed by atoms with van der Waals surface area (Å²) in [6.07, 6.45) is 1.66. The highest BCUT2D eigenvalue weighted by Crippen LogP contribution is 2.25. The number of nitrogens with one attached hydrogen (secondary N) is 2. The number of aromatic nitrogens is 2. The average molecular weight is 290 g/mol. The van der Waals surface area contributed by atoms with Crippen LogP contribution in [0.5, 0.6) is 0 Å². The first-order chi connectivity index (χ1) is 9.65. The molecule has 6 heteroatoms. The normalized spacial score (nSPS) is 10.7. The number of nitrogens with zero attached hydrogens (tertiary/aromatic N) is 1. The molecule has 0 bridgehead atoms. The molecule has 4 nitrogen and oxygen atoms in total. The number of hydrogen-bond donors (Lipinski definition) is 2. The van der Waals surface area contributed by atoms with Crippen LogP contribution >= 0.6 is 11.6 Å². The van der Waals surface area contributed by atoms with Gasteiger partial charge in [-0.25, -0.2) is 4.39 Å². The summed E-state index contributed by atoms with van der Waals surface area (Å²) in [5.41, 5.74) is 1.10. The van der Waals surface area contributed by atoms with E-state index in [4.69, 9.17) is 11.6 Å². The van der Waals surface area contributed by atoms with Crippen LogP contribution in [0.4, 0.5) is 10.1 Å². The van der Waals surface area contributed by atoms with Crippen molar-refractivity contribution in [2.45, 2.75) is 0 Å². The summed E-state index contributed by atoms with van der Waals surface area (Å²) in [5, 5.41) is 10.2. The van der Waals surface area contributed by atoms with E-state index in [9.17, 15) is 9.18 Å². The van der Waals surface area contributed by atoms with Gasteiger partial charge in [0.2, 0.25) is 0 Å². The number of H-pyrrole nitrogens is 1. The van der Waals surface area contributed by atoms with E-state index in [1.54, 1.807) is 24.4 Å². The lowest BCUT2D eigenvalue weighted by Crippen LogP contribution is -2.13. The molecule has 100 valence electrons. The van der Waals surface area contributed by atoms with Gasteiger partial charge in [0.1, 0.15) is 5.82 Å².